The second-order valence-electron chi connectivity index (χ2n) is 6.46. The molecule has 30 heavy (non-hydrogen) atoms. The number of nitrogens with zero attached hydrogens (tertiary/aromatic N) is 1. The predicted octanol–water partition coefficient (Wildman–Crippen LogP) is 2.02. The van der Waals surface area contributed by atoms with Crippen LogP contribution in [-0.2, 0) is 10.5 Å². The zero-order valence-electron chi connectivity index (χ0n) is 16.7. The summed E-state index contributed by atoms with van der Waals surface area (Å²) in [7, 11) is 3.02. The number of fused-ring (bicyclic) bond motifs is 1. The van der Waals surface area contributed by atoms with Crippen molar-refractivity contribution in [2.75, 3.05) is 26.5 Å². The number of aromatic nitrogens is 2. The van der Waals surface area contributed by atoms with Crippen molar-refractivity contribution in [3.8, 4) is 11.5 Å². The molecule has 3 N–H and O–H groups in total. The smallest absolute Gasteiger partial charge is 0.258 e. The third-order valence-corrected chi connectivity index (χ3v) is 5.35. The van der Waals surface area contributed by atoms with Gasteiger partial charge < -0.3 is 24.9 Å². The van der Waals surface area contributed by atoms with Crippen molar-refractivity contribution in [3.63, 3.8) is 0 Å². The summed E-state index contributed by atoms with van der Waals surface area (Å²) in [5, 5.41) is 13.2. The molecule has 1 atom stereocenters. The van der Waals surface area contributed by atoms with Gasteiger partial charge in [0, 0.05) is 12.6 Å². The van der Waals surface area contributed by atoms with Gasteiger partial charge in [-0.3, -0.25) is 9.59 Å². The second-order valence-corrected chi connectivity index (χ2v) is 7.45. The van der Waals surface area contributed by atoms with Crippen molar-refractivity contribution in [2.24, 2.45) is 0 Å². The van der Waals surface area contributed by atoms with Crippen LogP contribution in [0.5, 0.6) is 11.5 Å². The molecule has 1 aromatic heterocycles. The molecule has 3 rings (SSSR count). The molecule has 0 saturated heterocycles. The van der Waals surface area contributed by atoms with Crippen LogP contribution in [-0.4, -0.2) is 47.5 Å². The summed E-state index contributed by atoms with van der Waals surface area (Å²) in [5.74, 6) is 1.72. The maximum absolute atomic E-state index is 12.4. The highest BCUT2D eigenvalue weighted by atomic mass is 32.2. The molecule has 0 spiro atoms. The number of nitrogens with one attached hydrogen (secondary N) is 2. The maximum atomic E-state index is 12.4. The van der Waals surface area contributed by atoms with Gasteiger partial charge in [0.05, 0.1) is 42.7 Å². The molecule has 1 unspecified atom stereocenters. The molecule has 2 aromatic carbocycles. The van der Waals surface area contributed by atoms with Gasteiger partial charge in [-0.1, -0.05) is 30.3 Å². The van der Waals surface area contributed by atoms with E-state index < -0.39 is 6.10 Å². The van der Waals surface area contributed by atoms with E-state index in [2.05, 4.69) is 15.3 Å². The topological polar surface area (TPSA) is 114 Å². The quantitative estimate of drug-likeness (QED) is 0.477. The second kappa shape index (κ2) is 10.1. The Bertz CT molecular complexity index is 1070. The first kappa shape index (κ1) is 21.7. The highest BCUT2D eigenvalue weighted by Gasteiger charge is 2.12. The Morgan fingerprint density at radius 2 is 1.90 bits per heavy atom. The summed E-state index contributed by atoms with van der Waals surface area (Å²) in [4.78, 5) is 31.6. The number of ether oxygens (including phenoxy) is 2. The Morgan fingerprint density at radius 1 is 1.20 bits per heavy atom. The minimum Gasteiger partial charge on any atom is -0.493 e. The predicted molar refractivity (Wildman–Crippen MR) is 116 cm³/mol. The van der Waals surface area contributed by atoms with Gasteiger partial charge in [0.25, 0.3) is 5.56 Å². The number of hydrogen-bond donors (Lipinski definition) is 3. The molecule has 0 radical (unpaired) electrons. The number of thioether (sulfide) groups is 1. The third kappa shape index (κ3) is 5.31. The first-order valence-electron chi connectivity index (χ1n) is 9.24. The van der Waals surface area contributed by atoms with Crippen molar-refractivity contribution in [1.82, 2.24) is 15.3 Å². The number of aliphatic hydroxyl groups excluding tert-OH is 1. The number of methoxy groups -OCH3 is 2. The highest BCUT2D eigenvalue weighted by molar-refractivity contribution is 7.99. The standard InChI is InChI=1S/C21H23N3O5S/c1-28-17-8-14-15(9-18(17)29-2)23-19(24-21(14)27)11-30-12-20(26)22-10-16(25)13-6-4-3-5-7-13/h3-9,16,25H,10-12H2,1-2H3,(H,22,26)(H,23,24,27). The Balaban J connectivity index is 1.56. The molecule has 0 bridgehead atoms. The number of amides is 1. The first-order chi connectivity index (χ1) is 14.5. The van der Waals surface area contributed by atoms with Gasteiger partial charge in [0.1, 0.15) is 5.82 Å². The van der Waals surface area contributed by atoms with Crippen LogP contribution in [0.2, 0.25) is 0 Å². The highest BCUT2D eigenvalue weighted by Crippen LogP contribution is 2.30. The van der Waals surface area contributed by atoms with E-state index in [0.29, 0.717) is 34.0 Å². The van der Waals surface area contributed by atoms with Gasteiger partial charge in [0.2, 0.25) is 5.91 Å². The van der Waals surface area contributed by atoms with Crippen molar-refractivity contribution < 1.29 is 19.4 Å². The average molecular weight is 429 g/mol. The molecule has 1 amide bonds. The average Bonchev–Trinajstić information content (AvgIpc) is 2.77. The van der Waals surface area contributed by atoms with Crippen LogP contribution in [0.4, 0.5) is 0 Å². The molecule has 0 fully saturated rings. The SMILES string of the molecule is COc1cc2nc(CSCC(=O)NCC(O)c3ccccc3)[nH]c(=O)c2cc1OC. The summed E-state index contributed by atoms with van der Waals surface area (Å²) in [6.45, 7) is 0.135. The molecular weight excluding hydrogens is 406 g/mol. The molecule has 0 aliphatic rings. The number of carbonyl (C=O) groups is 1. The van der Waals surface area contributed by atoms with Gasteiger partial charge in [-0.2, -0.15) is 0 Å². The minimum atomic E-state index is -0.759. The summed E-state index contributed by atoms with van der Waals surface area (Å²) >= 11 is 1.31. The Morgan fingerprint density at radius 3 is 2.60 bits per heavy atom. The van der Waals surface area contributed by atoms with E-state index in [0.717, 1.165) is 5.56 Å². The number of aliphatic hydroxyl groups is 1. The van der Waals surface area contributed by atoms with Crippen LogP contribution in [0, 0.1) is 0 Å². The van der Waals surface area contributed by atoms with Gasteiger partial charge in [0.15, 0.2) is 11.5 Å². The number of benzene rings is 2. The van der Waals surface area contributed by atoms with Crippen LogP contribution < -0.4 is 20.3 Å². The fourth-order valence-corrected chi connectivity index (χ4v) is 3.60. The fourth-order valence-electron chi connectivity index (χ4n) is 2.88. The van der Waals surface area contributed by atoms with Crippen LogP contribution in [0.15, 0.2) is 47.3 Å². The Hall–Kier alpha value is -3.04. The van der Waals surface area contributed by atoms with Crippen molar-refractivity contribution in [3.05, 3.63) is 64.2 Å². The Labute approximate surface area is 177 Å². The first-order valence-corrected chi connectivity index (χ1v) is 10.4. The summed E-state index contributed by atoms with van der Waals surface area (Å²) in [6.07, 6.45) is -0.759. The third-order valence-electron chi connectivity index (χ3n) is 4.41. The molecule has 0 aliphatic heterocycles. The molecule has 1 heterocycles. The van der Waals surface area contributed by atoms with E-state index in [1.807, 2.05) is 18.2 Å². The molecule has 8 nitrogen and oxygen atoms in total. The zero-order chi connectivity index (χ0) is 21.5. The lowest BCUT2D eigenvalue weighted by atomic mass is 10.1. The van der Waals surface area contributed by atoms with E-state index in [9.17, 15) is 14.7 Å². The molecular formula is C21H23N3O5S. The van der Waals surface area contributed by atoms with Gasteiger partial charge in [-0.25, -0.2) is 4.98 Å². The summed E-state index contributed by atoms with van der Waals surface area (Å²) in [5.41, 5.74) is 0.949. The van der Waals surface area contributed by atoms with Crippen molar-refractivity contribution in [1.29, 1.82) is 0 Å². The maximum Gasteiger partial charge on any atom is 0.258 e. The van der Waals surface area contributed by atoms with Crippen LogP contribution in [0.3, 0.4) is 0 Å². The van der Waals surface area contributed by atoms with Gasteiger partial charge >= 0.3 is 0 Å². The summed E-state index contributed by atoms with van der Waals surface area (Å²) in [6, 6.07) is 12.4. The number of aromatic amines is 1. The number of H-pyrrole nitrogens is 1. The summed E-state index contributed by atoms with van der Waals surface area (Å²) < 4.78 is 10.5. The fraction of sp³-hybridized carbons (Fsp3) is 0.286. The lowest BCUT2D eigenvalue weighted by molar-refractivity contribution is -0.119. The van der Waals surface area contributed by atoms with E-state index in [4.69, 9.17) is 9.47 Å². The number of carbonyl (C=O) groups excluding carboxylic acids is 1. The van der Waals surface area contributed by atoms with Crippen LogP contribution in [0.25, 0.3) is 10.9 Å². The van der Waals surface area contributed by atoms with E-state index in [-0.39, 0.29) is 23.8 Å². The van der Waals surface area contributed by atoms with E-state index in [1.54, 1.807) is 24.3 Å². The lowest BCUT2D eigenvalue weighted by Gasteiger charge is -2.12. The zero-order valence-corrected chi connectivity index (χ0v) is 17.5. The van der Waals surface area contributed by atoms with Gasteiger partial charge in [-0.05, 0) is 11.6 Å². The monoisotopic (exact) mass is 429 g/mol. The van der Waals surface area contributed by atoms with Crippen LogP contribution >= 0.6 is 11.8 Å². The molecule has 158 valence electrons. The molecule has 9 heteroatoms. The Kier molecular flexibility index (Phi) is 7.31. The minimum absolute atomic E-state index is 0.135. The van der Waals surface area contributed by atoms with E-state index >= 15 is 0 Å². The van der Waals surface area contributed by atoms with E-state index in [1.165, 1.54) is 26.0 Å². The largest absolute Gasteiger partial charge is 0.493 e. The molecule has 0 saturated carbocycles. The van der Waals surface area contributed by atoms with Crippen molar-refractivity contribution in [2.45, 2.75) is 11.9 Å². The number of rotatable bonds is 9. The van der Waals surface area contributed by atoms with Gasteiger partial charge in [-0.15, -0.1) is 11.8 Å². The number of hydrogen-bond acceptors (Lipinski definition) is 7. The molecule has 0 aliphatic carbocycles. The van der Waals surface area contributed by atoms with Crippen LogP contribution in [0.1, 0.15) is 17.5 Å². The molecule has 3 aromatic rings. The normalized spacial score (nSPS) is 11.8. The van der Waals surface area contributed by atoms with Crippen molar-refractivity contribution >= 4 is 28.6 Å². The lowest BCUT2D eigenvalue weighted by Crippen LogP contribution is -2.29.